The number of carbonyl (C=O) groups is 1. The van der Waals surface area contributed by atoms with E-state index in [1.54, 1.807) is 18.5 Å². The van der Waals surface area contributed by atoms with Crippen molar-refractivity contribution in [3.05, 3.63) is 42.7 Å². The zero-order valence-corrected chi connectivity index (χ0v) is 15.3. The third-order valence-corrected chi connectivity index (χ3v) is 5.88. The monoisotopic (exact) mass is 392 g/mol. The Hall–Kier alpha value is -2.72. The smallest absolute Gasteiger partial charge is 0.316 e. The van der Waals surface area contributed by atoms with Crippen LogP contribution < -0.4 is 15.2 Å². The Balaban J connectivity index is 1.67. The van der Waals surface area contributed by atoms with Crippen LogP contribution in [0.4, 0.5) is 0 Å². The van der Waals surface area contributed by atoms with Gasteiger partial charge in [-0.05, 0) is 43.2 Å². The molecule has 2 aromatic rings. The Morgan fingerprint density at radius 1 is 1.22 bits per heavy atom. The maximum Gasteiger partial charge on any atom is 0.316 e. The van der Waals surface area contributed by atoms with Gasteiger partial charge in [-0.25, -0.2) is 18.4 Å². The number of piperidine rings is 1. The van der Waals surface area contributed by atoms with Crippen molar-refractivity contribution in [3.63, 3.8) is 0 Å². The summed E-state index contributed by atoms with van der Waals surface area (Å²) < 4.78 is 38.0. The summed E-state index contributed by atoms with van der Waals surface area (Å²) in [6, 6.07) is 7.78. The highest BCUT2D eigenvalue weighted by Gasteiger charge is 2.31. The van der Waals surface area contributed by atoms with Gasteiger partial charge in [-0.3, -0.25) is 4.79 Å². The fraction of sp³-hybridized carbons (Fsp3) is 0.353. The normalized spacial score (nSPS) is 18.0. The van der Waals surface area contributed by atoms with Gasteiger partial charge in [0.1, 0.15) is 11.9 Å². The van der Waals surface area contributed by atoms with Crippen LogP contribution in [-0.2, 0) is 14.8 Å². The molecule has 1 saturated heterocycles. The standard InChI is InChI=1S/C17H20N4O5S/c18-16(22)12-25-13-4-6-15(7-5-13)27(23,24)21-10-1-3-14(11-21)26-17-19-8-2-9-20-17/h2,4-9,14H,1,3,10-12H2,(H2,18,22)/t14-/m0/s1. The first-order valence-corrected chi connectivity index (χ1v) is 9.84. The van der Waals surface area contributed by atoms with Gasteiger partial charge in [-0.1, -0.05) is 0 Å². The molecule has 0 radical (unpaired) electrons. The van der Waals surface area contributed by atoms with Gasteiger partial charge in [0.15, 0.2) is 6.61 Å². The third-order valence-electron chi connectivity index (χ3n) is 4.00. The van der Waals surface area contributed by atoms with Crippen LogP contribution >= 0.6 is 0 Å². The van der Waals surface area contributed by atoms with Crippen molar-refractivity contribution in [3.8, 4) is 11.8 Å². The Labute approximate surface area is 157 Å². The molecule has 0 bridgehead atoms. The van der Waals surface area contributed by atoms with Crippen molar-refractivity contribution in [1.29, 1.82) is 0 Å². The first kappa shape index (κ1) is 19.1. The Morgan fingerprint density at radius 2 is 1.93 bits per heavy atom. The van der Waals surface area contributed by atoms with Crippen LogP contribution in [0.3, 0.4) is 0 Å². The summed E-state index contributed by atoms with van der Waals surface area (Å²) >= 11 is 0. The van der Waals surface area contributed by atoms with Crippen LogP contribution in [0.15, 0.2) is 47.6 Å². The van der Waals surface area contributed by atoms with Crippen LogP contribution in [0.1, 0.15) is 12.8 Å². The predicted molar refractivity (Wildman–Crippen MR) is 95.6 cm³/mol. The molecule has 1 amide bonds. The van der Waals surface area contributed by atoms with E-state index in [-0.39, 0.29) is 30.2 Å². The largest absolute Gasteiger partial charge is 0.484 e. The summed E-state index contributed by atoms with van der Waals surface area (Å²) in [5, 5.41) is 0. The van der Waals surface area contributed by atoms with Crippen LogP contribution in [0, 0.1) is 0 Å². The van der Waals surface area contributed by atoms with E-state index in [0.717, 1.165) is 6.42 Å². The molecule has 27 heavy (non-hydrogen) atoms. The quantitative estimate of drug-likeness (QED) is 0.730. The van der Waals surface area contributed by atoms with Gasteiger partial charge in [0.05, 0.1) is 11.4 Å². The third kappa shape index (κ3) is 4.92. The summed E-state index contributed by atoms with van der Waals surface area (Å²) in [5.41, 5.74) is 5.02. The summed E-state index contributed by atoms with van der Waals surface area (Å²) in [5.74, 6) is -0.234. The number of benzene rings is 1. The zero-order chi connectivity index (χ0) is 19.3. The molecule has 1 atom stereocenters. The van der Waals surface area contributed by atoms with Crippen LogP contribution in [0.25, 0.3) is 0 Å². The van der Waals surface area contributed by atoms with E-state index in [1.807, 2.05) is 0 Å². The lowest BCUT2D eigenvalue weighted by atomic mass is 10.1. The number of nitrogens with two attached hydrogens (primary N) is 1. The maximum absolute atomic E-state index is 12.9. The number of carbonyl (C=O) groups excluding carboxylic acids is 1. The fourth-order valence-corrected chi connectivity index (χ4v) is 4.24. The predicted octanol–water partition coefficient (Wildman–Crippen LogP) is 0.573. The Morgan fingerprint density at radius 3 is 2.59 bits per heavy atom. The van der Waals surface area contributed by atoms with E-state index < -0.39 is 15.9 Å². The van der Waals surface area contributed by atoms with E-state index in [2.05, 4.69) is 9.97 Å². The molecule has 144 valence electrons. The highest BCUT2D eigenvalue weighted by atomic mass is 32.2. The van der Waals surface area contributed by atoms with E-state index in [1.165, 1.54) is 28.6 Å². The number of hydrogen-bond donors (Lipinski definition) is 1. The number of sulfonamides is 1. The second-order valence-corrected chi connectivity index (χ2v) is 7.94. The van der Waals surface area contributed by atoms with Crippen molar-refractivity contribution >= 4 is 15.9 Å². The molecule has 1 aromatic heterocycles. The number of hydrogen-bond acceptors (Lipinski definition) is 7. The van der Waals surface area contributed by atoms with Crippen LogP contribution in [-0.4, -0.2) is 54.4 Å². The first-order valence-electron chi connectivity index (χ1n) is 8.40. The minimum Gasteiger partial charge on any atom is -0.484 e. The average molecular weight is 392 g/mol. The average Bonchev–Trinajstić information content (AvgIpc) is 2.68. The lowest BCUT2D eigenvalue weighted by molar-refractivity contribution is -0.119. The molecule has 2 heterocycles. The van der Waals surface area contributed by atoms with Gasteiger partial charge in [0, 0.05) is 18.9 Å². The molecule has 2 N–H and O–H groups in total. The Kier molecular flexibility index (Phi) is 5.87. The van der Waals surface area contributed by atoms with Crippen LogP contribution in [0.5, 0.6) is 11.8 Å². The van der Waals surface area contributed by atoms with Crippen molar-refractivity contribution in [2.75, 3.05) is 19.7 Å². The fourth-order valence-electron chi connectivity index (χ4n) is 2.73. The molecule has 0 spiro atoms. The number of amides is 1. The minimum atomic E-state index is -3.67. The number of nitrogens with zero attached hydrogens (tertiary/aromatic N) is 3. The molecule has 0 aliphatic carbocycles. The molecular weight excluding hydrogens is 372 g/mol. The van der Waals surface area contributed by atoms with Gasteiger partial charge in [0.2, 0.25) is 10.0 Å². The molecule has 1 fully saturated rings. The zero-order valence-electron chi connectivity index (χ0n) is 14.5. The first-order chi connectivity index (χ1) is 12.9. The van der Waals surface area contributed by atoms with Crippen molar-refractivity contribution in [2.45, 2.75) is 23.8 Å². The summed E-state index contributed by atoms with van der Waals surface area (Å²) in [7, 11) is -3.67. The Bertz CT molecular complexity index is 874. The minimum absolute atomic E-state index is 0.144. The number of rotatable bonds is 7. The van der Waals surface area contributed by atoms with E-state index in [4.69, 9.17) is 15.2 Å². The number of ether oxygens (including phenoxy) is 2. The van der Waals surface area contributed by atoms with Gasteiger partial charge < -0.3 is 15.2 Å². The van der Waals surface area contributed by atoms with Gasteiger partial charge in [0.25, 0.3) is 5.91 Å². The molecular formula is C17H20N4O5S. The van der Waals surface area contributed by atoms with Gasteiger partial charge >= 0.3 is 6.01 Å². The molecule has 0 saturated carbocycles. The summed E-state index contributed by atoms with van der Waals surface area (Å²) in [4.78, 5) is 18.9. The molecule has 1 aliphatic rings. The summed E-state index contributed by atoms with van der Waals surface area (Å²) in [6.07, 6.45) is 4.23. The topological polar surface area (TPSA) is 125 Å². The second-order valence-electron chi connectivity index (χ2n) is 6.00. The highest BCUT2D eigenvalue weighted by Crippen LogP contribution is 2.24. The number of aromatic nitrogens is 2. The van der Waals surface area contributed by atoms with E-state index in [0.29, 0.717) is 18.7 Å². The lowest BCUT2D eigenvalue weighted by Gasteiger charge is -2.31. The molecule has 0 unspecified atom stereocenters. The van der Waals surface area contributed by atoms with Gasteiger partial charge in [-0.2, -0.15) is 4.31 Å². The van der Waals surface area contributed by atoms with E-state index in [9.17, 15) is 13.2 Å². The van der Waals surface area contributed by atoms with Crippen molar-refractivity contribution in [1.82, 2.24) is 14.3 Å². The van der Waals surface area contributed by atoms with Crippen LogP contribution in [0.2, 0.25) is 0 Å². The van der Waals surface area contributed by atoms with E-state index >= 15 is 0 Å². The highest BCUT2D eigenvalue weighted by molar-refractivity contribution is 7.89. The molecule has 1 aliphatic heterocycles. The SMILES string of the molecule is NC(=O)COc1ccc(S(=O)(=O)N2CCC[C@H](Oc3ncccn3)C2)cc1. The second kappa shape index (κ2) is 8.31. The summed E-state index contributed by atoms with van der Waals surface area (Å²) in [6.45, 7) is 0.372. The number of primary amides is 1. The van der Waals surface area contributed by atoms with Crippen molar-refractivity contribution < 1.29 is 22.7 Å². The maximum atomic E-state index is 12.9. The molecule has 1 aromatic carbocycles. The van der Waals surface area contributed by atoms with Gasteiger partial charge in [-0.15, -0.1) is 0 Å². The molecule has 3 rings (SSSR count). The van der Waals surface area contributed by atoms with Crippen molar-refractivity contribution in [2.24, 2.45) is 5.73 Å². The molecule has 10 heteroatoms. The lowest BCUT2D eigenvalue weighted by Crippen LogP contribution is -2.44. The molecule has 9 nitrogen and oxygen atoms in total.